The molecule has 0 amide bonds. The monoisotopic (exact) mass is 292 g/mol. The number of nitrogen functional groups attached to an aromatic ring is 1. The third-order valence-corrected chi connectivity index (χ3v) is 3.00. The number of hydrogen-bond acceptors (Lipinski definition) is 4. The molecule has 4 heteroatoms. The van der Waals surface area contributed by atoms with Crippen molar-refractivity contribution in [3.63, 3.8) is 0 Å². The summed E-state index contributed by atoms with van der Waals surface area (Å²) in [5, 5.41) is 0. The Morgan fingerprint density at radius 2 is 1.18 bits per heavy atom. The molecule has 0 atom stereocenters. The molecule has 0 aliphatic carbocycles. The summed E-state index contributed by atoms with van der Waals surface area (Å²) in [6.45, 7) is 0. The van der Waals surface area contributed by atoms with Gasteiger partial charge in [0, 0.05) is 5.69 Å². The fourth-order valence-electron chi connectivity index (χ4n) is 1.87. The predicted molar refractivity (Wildman–Crippen MR) is 88.1 cm³/mol. The summed E-state index contributed by atoms with van der Waals surface area (Å²) < 4.78 is 5.72. The molecule has 0 aliphatic heterocycles. The molecule has 0 aromatic heterocycles. The van der Waals surface area contributed by atoms with E-state index in [2.05, 4.69) is 5.48 Å². The number of ether oxygens (including phenoxy) is 1. The van der Waals surface area contributed by atoms with Crippen molar-refractivity contribution in [2.75, 3.05) is 11.2 Å². The van der Waals surface area contributed by atoms with Gasteiger partial charge in [-0.1, -0.05) is 18.2 Å². The van der Waals surface area contributed by atoms with Crippen LogP contribution in [0.15, 0.2) is 78.9 Å². The van der Waals surface area contributed by atoms with Gasteiger partial charge >= 0.3 is 0 Å². The topological polar surface area (TPSA) is 56.5 Å². The van der Waals surface area contributed by atoms with E-state index in [0.717, 1.165) is 17.2 Å². The van der Waals surface area contributed by atoms with Crippen molar-refractivity contribution < 1.29 is 9.57 Å². The first-order valence-corrected chi connectivity index (χ1v) is 6.91. The van der Waals surface area contributed by atoms with E-state index in [4.69, 9.17) is 15.3 Å². The zero-order valence-electron chi connectivity index (χ0n) is 11.9. The number of benzene rings is 3. The highest BCUT2D eigenvalue weighted by Gasteiger charge is 1.99. The standard InChI is InChI=1S/C18H16N2O2/c19-14-6-8-16(9-7-14)21-17-10-12-18(13-11-17)22-20-15-4-2-1-3-5-15/h1-13,20H,19H2. The Balaban J connectivity index is 1.59. The molecule has 0 saturated heterocycles. The minimum Gasteiger partial charge on any atom is -0.457 e. The average Bonchev–Trinajstić information content (AvgIpc) is 2.57. The maximum Gasteiger partial charge on any atom is 0.155 e. The molecule has 3 aromatic carbocycles. The normalized spacial score (nSPS) is 10.0. The molecule has 0 aliphatic rings. The van der Waals surface area contributed by atoms with E-state index >= 15 is 0 Å². The number of nitrogens with two attached hydrogens (primary N) is 1. The van der Waals surface area contributed by atoms with Crippen LogP contribution in [0, 0.1) is 0 Å². The molecule has 0 bridgehead atoms. The average molecular weight is 292 g/mol. The molecular weight excluding hydrogens is 276 g/mol. The van der Waals surface area contributed by atoms with E-state index < -0.39 is 0 Å². The van der Waals surface area contributed by atoms with Gasteiger partial charge in [-0.2, -0.15) is 0 Å². The van der Waals surface area contributed by atoms with Crippen LogP contribution in [0.25, 0.3) is 0 Å². The largest absolute Gasteiger partial charge is 0.457 e. The van der Waals surface area contributed by atoms with E-state index in [9.17, 15) is 0 Å². The van der Waals surface area contributed by atoms with Crippen LogP contribution >= 0.6 is 0 Å². The van der Waals surface area contributed by atoms with Gasteiger partial charge in [0.25, 0.3) is 0 Å². The van der Waals surface area contributed by atoms with Crippen molar-refractivity contribution in [2.24, 2.45) is 0 Å². The quantitative estimate of drug-likeness (QED) is 0.538. The van der Waals surface area contributed by atoms with E-state index in [1.165, 1.54) is 0 Å². The molecule has 0 heterocycles. The summed E-state index contributed by atoms with van der Waals surface area (Å²) in [5.74, 6) is 2.18. The zero-order chi connectivity index (χ0) is 15.2. The van der Waals surface area contributed by atoms with Gasteiger partial charge in [0.2, 0.25) is 0 Å². The number of hydrogen-bond donors (Lipinski definition) is 2. The molecule has 0 fully saturated rings. The van der Waals surface area contributed by atoms with Crippen molar-refractivity contribution in [3.8, 4) is 17.2 Å². The second-order valence-electron chi connectivity index (χ2n) is 4.71. The van der Waals surface area contributed by atoms with E-state index in [1.54, 1.807) is 12.1 Å². The molecule has 0 spiro atoms. The van der Waals surface area contributed by atoms with Crippen molar-refractivity contribution in [1.82, 2.24) is 0 Å². The molecule has 3 aromatic rings. The third-order valence-electron chi connectivity index (χ3n) is 3.00. The highest BCUT2D eigenvalue weighted by molar-refractivity contribution is 5.44. The number of rotatable bonds is 5. The van der Waals surface area contributed by atoms with Crippen molar-refractivity contribution in [3.05, 3.63) is 78.9 Å². The Bertz CT molecular complexity index is 710. The molecule has 110 valence electrons. The number of para-hydroxylation sites is 1. The Morgan fingerprint density at radius 3 is 1.82 bits per heavy atom. The summed E-state index contributed by atoms with van der Waals surface area (Å²) in [6, 6.07) is 24.3. The Labute approximate surface area is 129 Å². The smallest absolute Gasteiger partial charge is 0.155 e. The lowest BCUT2D eigenvalue weighted by Gasteiger charge is -2.09. The van der Waals surface area contributed by atoms with E-state index in [1.807, 2.05) is 66.7 Å². The minimum absolute atomic E-state index is 0.702. The maximum absolute atomic E-state index is 5.72. The molecule has 4 nitrogen and oxygen atoms in total. The van der Waals surface area contributed by atoms with Crippen LogP contribution in [0.1, 0.15) is 0 Å². The summed E-state index contributed by atoms with van der Waals surface area (Å²) in [5.41, 5.74) is 10.1. The second-order valence-corrected chi connectivity index (χ2v) is 4.71. The van der Waals surface area contributed by atoms with Gasteiger partial charge in [-0.15, -0.1) is 0 Å². The zero-order valence-corrected chi connectivity index (χ0v) is 11.9. The van der Waals surface area contributed by atoms with Gasteiger partial charge in [0.15, 0.2) is 5.75 Å². The van der Waals surface area contributed by atoms with Gasteiger partial charge in [-0.05, 0) is 60.7 Å². The van der Waals surface area contributed by atoms with Crippen LogP contribution in [0.3, 0.4) is 0 Å². The van der Waals surface area contributed by atoms with Crippen LogP contribution < -0.4 is 20.8 Å². The lowest BCUT2D eigenvalue weighted by atomic mass is 10.3. The van der Waals surface area contributed by atoms with Crippen molar-refractivity contribution in [1.29, 1.82) is 0 Å². The van der Waals surface area contributed by atoms with Crippen LogP contribution in [-0.4, -0.2) is 0 Å². The minimum atomic E-state index is 0.702. The fraction of sp³-hybridized carbons (Fsp3) is 0. The predicted octanol–water partition coefficient (Wildman–Crippen LogP) is 4.47. The lowest BCUT2D eigenvalue weighted by molar-refractivity contribution is 0.403. The van der Waals surface area contributed by atoms with Crippen molar-refractivity contribution in [2.45, 2.75) is 0 Å². The van der Waals surface area contributed by atoms with Crippen molar-refractivity contribution >= 4 is 11.4 Å². The second kappa shape index (κ2) is 6.54. The summed E-state index contributed by atoms with van der Waals surface area (Å²) in [6.07, 6.45) is 0. The Hall–Kier alpha value is -3.14. The first-order chi connectivity index (χ1) is 10.8. The molecule has 3 N–H and O–H groups in total. The summed E-state index contributed by atoms with van der Waals surface area (Å²) >= 11 is 0. The van der Waals surface area contributed by atoms with Gasteiger partial charge in [0.05, 0.1) is 5.69 Å². The van der Waals surface area contributed by atoms with Gasteiger partial charge in [-0.3, -0.25) is 0 Å². The highest BCUT2D eigenvalue weighted by atomic mass is 16.6. The lowest BCUT2D eigenvalue weighted by Crippen LogP contribution is -2.03. The Morgan fingerprint density at radius 1 is 0.636 bits per heavy atom. The van der Waals surface area contributed by atoms with Crippen LogP contribution in [0.4, 0.5) is 11.4 Å². The van der Waals surface area contributed by atoms with Crippen LogP contribution in [0.5, 0.6) is 17.2 Å². The molecule has 22 heavy (non-hydrogen) atoms. The third kappa shape index (κ3) is 3.70. The number of anilines is 2. The maximum atomic E-state index is 5.72. The highest BCUT2D eigenvalue weighted by Crippen LogP contribution is 2.24. The molecule has 3 rings (SSSR count). The summed E-state index contributed by atoms with van der Waals surface area (Å²) in [7, 11) is 0. The molecule has 0 saturated carbocycles. The first-order valence-electron chi connectivity index (χ1n) is 6.91. The van der Waals surface area contributed by atoms with Gasteiger partial charge in [-0.25, -0.2) is 5.48 Å². The van der Waals surface area contributed by atoms with Gasteiger partial charge < -0.3 is 15.3 Å². The SMILES string of the molecule is Nc1ccc(Oc2ccc(ONc3ccccc3)cc2)cc1. The molecule has 0 unspecified atom stereocenters. The van der Waals surface area contributed by atoms with E-state index in [-0.39, 0.29) is 0 Å². The van der Waals surface area contributed by atoms with Crippen LogP contribution in [0.2, 0.25) is 0 Å². The van der Waals surface area contributed by atoms with E-state index in [0.29, 0.717) is 11.4 Å². The van der Waals surface area contributed by atoms with Gasteiger partial charge in [0.1, 0.15) is 11.5 Å². The molecule has 0 radical (unpaired) electrons. The number of nitrogens with one attached hydrogen (secondary N) is 1. The summed E-state index contributed by atoms with van der Waals surface area (Å²) in [4.78, 5) is 5.49. The Kier molecular flexibility index (Phi) is 4.11. The fourth-order valence-corrected chi connectivity index (χ4v) is 1.87. The van der Waals surface area contributed by atoms with Crippen LogP contribution in [-0.2, 0) is 0 Å². The molecular formula is C18H16N2O2. The first kappa shape index (κ1) is 13.8.